The normalized spacial score (nSPS) is 11.5. The zero-order valence-corrected chi connectivity index (χ0v) is 10.8. The summed E-state index contributed by atoms with van der Waals surface area (Å²) < 4.78 is 0. The fourth-order valence-corrected chi connectivity index (χ4v) is 1.62. The molecule has 9 heteroatoms. The van der Waals surface area contributed by atoms with Crippen molar-refractivity contribution >= 4 is 23.2 Å². The Morgan fingerprint density at radius 3 is 2.60 bits per heavy atom. The van der Waals surface area contributed by atoms with Crippen molar-refractivity contribution in [2.45, 2.75) is 19.4 Å². The van der Waals surface area contributed by atoms with Crippen LogP contribution >= 0.6 is 0 Å². The second-order valence-electron chi connectivity index (χ2n) is 4.18. The standard InChI is InChI=1S/C11H15N5O4/c1-6(4-10(12)17)14-11(18)8-5-7(15-13)2-3-9(8)16(19)20/h2-3,5-6,15H,4,13H2,1H3,(H2,12,17)(H,14,18). The minimum atomic E-state index is -0.678. The monoisotopic (exact) mass is 281 g/mol. The number of amides is 2. The van der Waals surface area contributed by atoms with Crippen molar-refractivity contribution in [3.8, 4) is 0 Å². The van der Waals surface area contributed by atoms with Gasteiger partial charge in [0.1, 0.15) is 5.56 Å². The van der Waals surface area contributed by atoms with E-state index in [9.17, 15) is 19.7 Å². The maximum atomic E-state index is 12.0. The Balaban J connectivity index is 3.01. The second-order valence-corrected chi connectivity index (χ2v) is 4.18. The fraction of sp³-hybridized carbons (Fsp3) is 0.273. The van der Waals surface area contributed by atoms with Gasteiger partial charge in [-0.25, -0.2) is 0 Å². The number of carbonyl (C=O) groups excluding carboxylic acids is 2. The highest BCUT2D eigenvalue weighted by Gasteiger charge is 2.22. The highest BCUT2D eigenvalue weighted by atomic mass is 16.6. The van der Waals surface area contributed by atoms with E-state index in [2.05, 4.69) is 10.7 Å². The summed E-state index contributed by atoms with van der Waals surface area (Å²) in [5.74, 6) is 3.94. The van der Waals surface area contributed by atoms with Crippen LogP contribution in [0, 0.1) is 10.1 Å². The molecular weight excluding hydrogens is 266 g/mol. The maximum absolute atomic E-state index is 12.0. The van der Waals surface area contributed by atoms with E-state index in [1.54, 1.807) is 6.92 Å². The molecular formula is C11H15N5O4. The third kappa shape index (κ3) is 3.92. The minimum absolute atomic E-state index is 0.0611. The van der Waals surface area contributed by atoms with Crippen molar-refractivity contribution in [3.63, 3.8) is 0 Å². The van der Waals surface area contributed by atoms with Crippen molar-refractivity contribution in [2.24, 2.45) is 11.6 Å². The topological polar surface area (TPSA) is 153 Å². The highest BCUT2D eigenvalue weighted by Crippen LogP contribution is 2.22. The van der Waals surface area contributed by atoms with Crippen LogP contribution in [-0.2, 0) is 4.79 Å². The first kappa shape index (κ1) is 15.4. The molecule has 2 amide bonds. The predicted molar refractivity (Wildman–Crippen MR) is 71.6 cm³/mol. The molecule has 1 unspecified atom stereocenters. The summed E-state index contributed by atoms with van der Waals surface area (Å²) in [5.41, 5.74) is 7.15. The predicted octanol–water partition coefficient (Wildman–Crippen LogP) is -0.126. The van der Waals surface area contributed by atoms with Crippen LogP contribution in [0.3, 0.4) is 0 Å². The second kappa shape index (κ2) is 6.48. The summed E-state index contributed by atoms with van der Waals surface area (Å²) >= 11 is 0. The molecule has 0 spiro atoms. The molecule has 0 fully saturated rings. The molecule has 0 aliphatic heterocycles. The molecule has 1 rings (SSSR count). The van der Waals surface area contributed by atoms with Crippen LogP contribution in [0.15, 0.2) is 18.2 Å². The molecule has 0 aromatic heterocycles. The average Bonchev–Trinajstić information content (AvgIpc) is 2.36. The van der Waals surface area contributed by atoms with Crippen molar-refractivity contribution in [1.29, 1.82) is 0 Å². The molecule has 1 aromatic rings. The van der Waals surface area contributed by atoms with Gasteiger partial charge in [-0.2, -0.15) is 0 Å². The number of nitrogens with zero attached hydrogens (tertiary/aromatic N) is 1. The summed E-state index contributed by atoms with van der Waals surface area (Å²) in [6, 6.07) is 3.27. The summed E-state index contributed by atoms with van der Waals surface area (Å²) in [4.78, 5) is 32.9. The molecule has 6 N–H and O–H groups in total. The highest BCUT2D eigenvalue weighted by molar-refractivity contribution is 5.99. The molecule has 0 saturated carbocycles. The Hall–Kier alpha value is -2.68. The van der Waals surface area contributed by atoms with Gasteiger partial charge < -0.3 is 16.5 Å². The number of hydrazine groups is 1. The van der Waals surface area contributed by atoms with Crippen LogP contribution in [0.2, 0.25) is 0 Å². The van der Waals surface area contributed by atoms with E-state index < -0.39 is 22.8 Å². The summed E-state index contributed by atoms with van der Waals surface area (Å²) in [6.07, 6.45) is -0.0611. The lowest BCUT2D eigenvalue weighted by Crippen LogP contribution is -2.36. The molecule has 1 aromatic carbocycles. The fourth-order valence-electron chi connectivity index (χ4n) is 1.62. The zero-order chi connectivity index (χ0) is 15.3. The van der Waals surface area contributed by atoms with Gasteiger partial charge in [0.15, 0.2) is 0 Å². The Labute approximate surface area is 114 Å². The number of nitro groups is 1. The van der Waals surface area contributed by atoms with Crippen molar-refractivity contribution in [1.82, 2.24) is 5.32 Å². The lowest BCUT2D eigenvalue weighted by Gasteiger charge is -2.12. The van der Waals surface area contributed by atoms with E-state index in [0.717, 1.165) is 0 Å². The SMILES string of the molecule is CC(CC(N)=O)NC(=O)c1cc(NN)ccc1[N+](=O)[O-]. The molecule has 1 atom stereocenters. The van der Waals surface area contributed by atoms with Gasteiger partial charge in [0.05, 0.1) is 4.92 Å². The van der Waals surface area contributed by atoms with E-state index in [1.165, 1.54) is 18.2 Å². The molecule has 0 bridgehead atoms. The zero-order valence-electron chi connectivity index (χ0n) is 10.8. The van der Waals surface area contributed by atoms with E-state index in [4.69, 9.17) is 11.6 Å². The Bertz CT molecular complexity index is 546. The van der Waals surface area contributed by atoms with E-state index in [-0.39, 0.29) is 17.7 Å². The van der Waals surface area contributed by atoms with Crippen LogP contribution in [0.25, 0.3) is 0 Å². The van der Waals surface area contributed by atoms with Gasteiger partial charge in [0, 0.05) is 24.2 Å². The first-order valence-electron chi connectivity index (χ1n) is 5.69. The van der Waals surface area contributed by atoms with Crippen molar-refractivity contribution in [2.75, 3.05) is 5.43 Å². The number of nitro benzene ring substituents is 1. The number of anilines is 1. The first-order chi connectivity index (χ1) is 9.35. The number of hydrogen-bond acceptors (Lipinski definition) is 6. The first-order valence-corrected chi connectivity index (χ1v) is 5.69. The number of benzene rings is 1. The Morgan fingerprint density at radius 2 is 2.10 bits per heavy atom. The van der Waals surface area contributed by atoms with Gasteiger partial charge in [-0.1, -0.05) is 0 Å². The van der Waals surface area contributed by atoms with Gasteiger partial charge in [0.25, 0.3) is 11.6 Å². The molecule has 108 valence electrons. The molecule has 0 aliphatic carbocycles. The average molecular weight is 281 g/mol. The lowest BCUT2D eigenvalue weighted by molar-refractivity contribution is -0.385. The summed E-state index contributed by atoms with van der Waals surface area (Å²) in [5, 5.41) is 13.4. The van der Waals surface area contributed by atoms with Crippen LogP contribution in [0.4, 0.5) is 11.4 Å². The number of nitrogens with two attached hydrogens (primary N) is 2. The van der Waals surface area contributed by atoms with Crippen molar-refractivity contribution < 1.29 is 14.5 Å². The largest absolute Gasteiger partial charge is 0.370 e. The van der Waals surface area contributed by atoms with Gasteiger partial charge >= 0.3 is 0 Å². The smallest absolute Gasteiger partial charge is 0.282 e. The van der Waals surface area contributed by atoms with Gasteiger partial charge in [-0.05, 0) is 19.1 Å². The molecule has 0 heterocycles. The van der Waals surface area contributed by atoms with Gasteiger partial charge in [-0.3, -0.25) is 25.5 Å². The van der Waals surface area contributed by atoms with Crippen LogP contribution in [0.1, 0.15) is 23.7 Å². The lowest BCUT2D eigenvalue weighted by atomic mass is 10.1. The van der Waals surface area contributed by atoms with E-state index >= 15 is 0 Å². The third-order valence-corrected chi connectivity index (χ3v) is 2.49. The summed E-state index contributed by atoms with van der Waals surface area (Å²) in [7, 11) is 0. The Kier molecular flexibility index (Phi) is 4.98. The molecule has 0 saturated heterocycles. The number of nitrogen functional groups attached to an aromatic ring is 1. The van der Waals surface area contributed by atoms with Crippen LogP contribution in [-0.4, -0.2) is 22.8 Å². The number of carbonyl (C=O) groups is 2. The maximum Gasteiger partial charge on any atom is 0.282 e. The summed E-state index contributed by atoms with van der Waals surface area (Å²) in [6.45, 7) is 1.57. The number of nitrogens with one attached hydrogen (secondary N) is 2. The minimum Gasteiger partial charge on any atom is -0.370 e. The van der Waals surface area contributed by atoms with Gasteiger partial charge in [0.2, 0.25) is 5.91 Å². The quantitative estimate of drug-likeness (QED) is 0.323. The molecule has 20 heavy (non-hydrogen) atoms. The number of rotatable bonds is 6. The third-order valence-electron chi connectivity index (χ3n) is 2.49. The molecule has 9 nitrogen and oxygen atoms in total. The number of hydrogen-bond donors (Lipinski definition) is 4. The van der Waals surface area contributed by atoms with Crippen molar-refractivity contribution in [3.05, 3.63) is 33.9 Å². The van der Waals surface area contributed by atoms with Crippen LogP contribution < -0.4 is 22.3 Å². The van der Waals surface area contributed by atoms with E-state index in [1.807, 2.05) is 0 Å². The Morgan fingerprint density at radius 1 is 1.45 bits per heavy atom. The van der Waals surface area contributed by atoms with Crippen LogP contribution in [0.5, 0.6) is 0 Å². The molecule has 0 radical (unpaired) electrons. The van der Waals surface area contributed by atoms with Gasteiger partial charge in [-0.15, -0.1) is 0 Å². The number of primary amides is 1. The molecule has 0 aliphatic rings. The van der Waals surface area contributed by atoms with E-state index in [0.29, 0.717) is 5.69 Å².